The predicted molar refractivity (Wildman–Crippen MR) is 60.3 cm³/mol. The number of aliphatic carboxylic acids is 1. The lowest BCUT2D eigenvalue weighted by Crippen LogP contribution is -2.35. The molecule has 0 saturated carbocycles. The van der Waals surface area contributed by atoms with Crippen molar-refractivity contribution in [2.75, 3.05) is 6.54 Å². The summed E-state index contributed by atoms with van der Waals surface area (Å²) < 4.78 is 0. The van der Waals surface area contributed by atoms with Crippen molar-refractivity contribution < 1.29 is 24.3 Å². The minimum absolute atomic E-state index is 0.0588. The van der Waals surface area contributed by atoms with Gasteiger partial charge in [0, 0.05) is 18.6 Å². The fourth-order valence-corrected chi connectivity index (χ4v) is 1.44. The molecular weight excluding hydrogens is 240 g/mol. The standard InChI is InChI=1S/C11H12N2O5/c1-5-10(12-4-9(16)17)8(15)3-7(11(5)18)13-6(2)14/h3,12H,4H2,1-2H3,(H,13,14)(H,16,17). The number of allylic oxidation sites excluding steroid dienone is 2. The highest BCUT2D eigenvalue weighted by Gasteiger charge is 2.26. The van der Waals surface area contributed by atoms with Gasteiger partial charge in [0.25, 0.3) is 0 Å². The third-order valence-corrected chi connectivity index (χ3v) is 2.21. The lowest BCUT2D eigenvalue weighted by Gasteiger charge is -2.17. The van der Waals surface area contributed by atoms with Crippen LogP contribution in [-0.2, 0) is 19.2 Å². The molecule has 1 aliphatic carbocycles. The molecule has 7 heteroatoms. The minimum Gasteiger partial charge on any atom is -0.480 e. The third kappa shape index (κ3) is 3.03. The fourth-order valence-electron chi connectivity index (χ4n) is 1.44. The van der Waals surface area contributed by atoms with Gasteiger partial charge in [0.1, 0.15) is 6.54 Å². The van der Waals surface area contributed by atoms with Crippen molar-refractivity contribution >= 4 is 23.4 Å². The van der Waals surface area contributed by atoms with Crippen LogP contribution >= 0.6 is 0 Å². The van der Waals surface area contributed by atoms with Gasteiger partial charge < -0.3 is 15.7 Å². The average Bonchev–Trinajstić information content (AvgIpc) is 2.24. The van der Waals surface area contributed by atoms with Crippen molar-refractivity contribution in [3.8, 4) is 0 Å². The molecule has 1 rings (SSSR count). The summed E-state index contributed by atoms with van der Waals surface area (Å²) in [5, 5.41) is 13.1. The van der Waals surface area contributed by atoms with Crippen LogP contribution in [0.3, 0.4) is 0 Å². The Morgan fingerprint density at radius 3 is 2.44 bits per heavy atom. The van der Waals surface area contributed by atoms with Gasteiger partial charge in [-0.25, -0.2) is 0 Å². The summed E-state index contributed by atoms with van der Waals surface area (Å²) in [6.07, 6.45) is 0.973. The van der Waals surface area contributed by atoms with Crippen molar-refractivity contribution in [3.63, 3.8) is 0 Å². The molecule has 0 aromatic heterocycles. The van der Waals surface area contributed by atoms with E-state index in [4.69, 9.17) is 5.11 Å². The van der Waals surface area contributed by atoms with Crippen LogP contribution in [0.15, 0.2) is 23.0 Å². The second-order valence-electron chi connectivity index (χ2n) is 3.68. The van der Waals surface area contributed by atoms with Gasteiger partial charge in [0.15, 0.2) is 0 Å². The number of hydrogen-bond acceptors (Lipinski definition) is 5. The van der Waals surface area contributed by atoms with Gasteiger partial charge in [-0.05, 0) is 6.92 Å². The SMILES string of the molecule is CC(=O)NC1=CC(=O)C(NCC(=O)O)=C(C)C1=O. The molecule has 0 aromatic carbocycles. The zero-order chi connectivity index (χ0) is 13.9. The molecule has 1 aliphatic rings. The first-order chi connectivity index (χ1) is 8.32. The average molecular weight is 252 g/mol. The Hall–Kier alpha value is -2.44. The van der Waals surface area contributed by atoms with E-state index in [1.54, 1.807) is 0 Å². The molecular formula is C11H12N2O5. The number of nitrogens with one attached hydrogen (secondary N) is 2. The summed E-state index contributed by atoms with van der Waals surface area (Å²) in [4.78, 5) is 44.7. The lowest BCUT2D eigenvalue weighted by molar-refractivity contribution is -0.135. The molecule has 0 saturated heterocycles. The summed E-state index contributed by atoms with van der Waals surface area (Å²) in [7, 11) is 0. The number of Topliss-reactive ketones (excluding diaryl/α,β-unsaturated/α-hetero) is 1. The van der Waals surface area contributed by atoms with Crippen molar-refractivity contribution in [1.82, 2.24) is 10.6 Å². The molecule has 0 unspecified atom stereocenters. The Bertz CT molecular complexity index is 502. The topological polar surface area (TPSA) is 113 Å². The minimum atomic E-state index is -1.15. The number of carboxylic acid groups (broad SMARTS) is 1. The van der Waals surface area contributed by atoms with Crippen molar-refractivity contribution in [2.45, 2.75) is 13.8 Å². The number of carbonyl (C=O) groups is 4. The van der Waals surface area contributed by atoms with Gasteiger partial charge in [0.2, 0.25) is 17.5 Å². The van der Waals surface area contributed by atoms with Gasteiger partial charge in [0.05, 0.1) is 11.4 Å². The maximum absolute atomic E-state index is 11.8. The smallest absolute Gasteiger partial charge is 0.322 e. The van der Waals surface area contributed by atoms with Crippen LogP contribution in [0.25, 0.3) is 0 Å². The molecule has 0 aliphatic heterocycles. The first-order valence-electron chi connectivity index (χ1n) is 5.07. The molecule has 96 valence electrons. The molecule has 0 bridgehead atoms. The van der Waals surface area contributed by atoms with E-state index in [9.17, 15) is 19.2 Å². The Labute approximate surface area is 103 Å². The van der Waals surface area contributed by atoms with E-state index in [1.807, 2.05) is 0 Å². The van der Waals surface area contributed by atoms with E-state index < -0.39 is 30.0 Å². The van der Waals surface area contributed by atoms with Gasteiger partial charge >= 0.3 is 5.97 Å². The number of rotatable bonds is 4. The lowest BCUT2D eigenvalue weighted by atomic mass is 9.98. The number of carbonyl (C=O) groups excluding carboxylic acids is 3. The molecule has 7 nitrogen and oxygen atoms in total. The molecule has 18 heavy (non-hydrogen) atoms. The first-order valence-corrected chi connectivity index (χ1v) is 5.07. The van der Waals surface area contributed by atoms with Crippen LogP contribution in [-0.4, -0.2) is 35.1 Å². The number of carboxylic acids is 1. The Balaban J connectivity index is 2.94. The molecule has 0 fully saturated rings. The van der Waals surface area contributed by atoms with Crippen LogP contribution in [0.2, 0.25) is 0 Å². The Morgan fingerprint density at radius 1 is 1.33 bits per heavy atom. The van der Waals surface area contributed by atoms with Gasteiger partial charge in [-0.15, -0.1) is 0 Å². The fraction of sp³-hybridized carbons (Fsp3) is 0.273. The maximum Gasteiger partial charge on any atom is 0.322 e. The Morgan fingerprint density at radius 2 is 1.94 bits per heavy atom. The van der Waals surface area contributed by atoms with Gasteiger partial charge in [-0.2, -0.15) is 0 Å². The number of hydrogen-bond donors (Lipinski definition) is 3. The number of amides is 1. The van der Waals surface area contributed by atoms with Crippen molar-refractivity contribution in [2.24, 2.45) is 0 Å². The van der Waals surface area contributed by atoms with Crippen LogP contribution < -0.4 is 10.6 Å². The first kappa shape index (κ1) is 13.6. The highest BCUT2D eigenvalue weighted by Crippen LogP contribution is 2.15. The second-order valence-corrected chi connectivity index (χ2v) is 3.68. The Kier molecular flexibility index (Phi) is 3.98. The van der Waals surface area contributed by atoms with Crippen LogP contribution in [0.1, 0.15) is 13.8 Å². The van der Waals surface area contributed by atoms with E-state index >= 15 is 0 Å². The van der Waals surface area contributed by atoms with E-state index in [0.717, 1.165) is 6.08 Å². The predicted octanol–water partition coefficient (Wildman–Crippen LogP) is -0.894. The molecule has 0 heterocycles. The zero-order valence-electron chi connectivity index (χ0n) is 9.86. The molecule has 0 spiro atoms. The number of ketones is 2. The van der Waals surface area contributed by atoms with Crippen LogP contribution in [0.5, 0.6) is 0 Å². The van der Waals surface area contributed by atoms with E-state index in [0.29, 0.717) is 0 Å². The maximum atomic E-state index is 11.8. The molecule has 0 atom stereocenters. The van der Waals surface area contributed by atoms with E-state index in [1.165, 1.54) is 13.8 Å². The zero-order valence-corrected chi connectivity index (χ0v) is 9.86. The van der Waals surface area contributed by atoms with Crippen molar-refractivity contribution in [1.29, 1.82) is 0 Å². The summed E-state index contributed by atoms with van der Waals surface area (Å²) in [5.74, 6) is -2.67. The second kappa shape index (κ2) is 5.26. The summed E-state index contributed by atoms with van der Waals surface area (Å²) in [6.45, 7) is 2.14. The largest absolute Gasteiger partial charge is 0.480 e. The quantitative estimate of drug-likeness (QED) is 0.559. The van der Waals surface area contributed by atoms with Crippen molar-refractivity contribution in [3.05, 3.63) is 23.0 Å². The van der Waals surface area contributed by atoms with Gasteiger partial charge in [-0.3, -0.25) is 19.2 Å². The van der Waals surface area contributed by atoms with E-state index in [2.05, 4.69) is 10.6 Å². The summed E-state index contributed by atoms with van der Waals surface area (Å²) in [5.41, 5.74) is -0.0881. The highest BCUT2D eigenvalue weighted by molar-refractivity contribution is 6.22. The van der Waals surface area contributed by atoms with Crippen LogP contribution in [0, 0.1) is 0 Å². The molecule has 3 N–H and O–H groups in total. The summed E-state index contributed by atoms with van der Waals surface area (Å²) in [6, 6.07) is 0. The summed E-state index contributed by atoms with van der Waals surface area (Å²) >= 11 is 0. The third-order valence-electron chi connectivity index (χ3n) is 2.21. The van der Waals surface area contributed by atoms with E-state index in [-0.39, 0.29) is 17.0 Å². The van der Waals surface area contributed by atoms with Gasteiger partial charge in [-0.1, -0.05) is 0 Å². The normalized spacial score (nSPS) is 15.3. The highest BCUT2D eigenvalue weighted by atomic mass is 16.4. The van der Waals surface area contributed by atoms with Crippen LogP contribution in [0.4, 0.5) is 0 Å². The molecule has 1 amide bonds. The molecule has 0 aromatic rings. The molecule has 0 radical (unpaired) electrons. The monoisotopic (exact) mass is 252 g/mol.